The average molecular weight is 533 g/mol. The van der Waals surface area contributed by atoms with E-state index in [2.05, 4.69) is 24.3 Å². The van der Waals surface area contributed by atoms with Gasteiger partial charge in [0.05, 0.1) is 10.2 Å². The van der Waals surface area contributed by atoms with Crippen molar-refractivity contribution in [2.24, 2.45) is 0 Å². The van der Waals surface area contributed by atoms with Crippen LogP contribution in [0.1, 0.15) is 0 Å². The van der Waals surface area contributed by atoms with Crippen molar-refractivity contribution in [1.29, 1.82) is 0 Å². The van der Waals surface area contributed by atoms with Crippen molar-refractivity contribution in [1.82, 2.24) is 19.9 Å². The summed E-state index contributed by atoms with van der Waals surface area (Å²) in [5.41, 5.74) is 6.47. The second-order valence-corrected chi connectivity index (χ2v) is 10.5. The summed E-state index contributed by atoms with van der Waals surface area (Å²) in [6.07, 6.45) is 0. The Balaban J connectivity index is 1.30. The second-order valence-electron chi connectivity index (χ2n) is 9.52. The first-order valence-electron chi connectivity index (χ1n) is 13.0. The Morgan fingerprint density at radius 3 is 1.68 bits per heavy atom. The van der Waals surface area contributed by atoms with Crippen molar-refractivity contribution in [3.05, 3.63) is 121 Å². The quantitative estimate of drug-likeness (QED) is 0.226. The van der Waals surface area contributed by atoms with E-state index in [0.717, 1.165) is 59.4 Å². The summed E-state index contributed by atoms with van der Waals surface area (Å²) < 4.78 is 7.50. The van der Waals surface area contributed by atoms with Gasteiger partial charge in [0, 0.05) is 33.0 Å². The third kappa shape index (κ3) is 3.85. The van der Waals surface area contributed by atoms with Crippen molar-refractivity contribution in [2.45, 2.75) is 0 Å². The van der Waals surface area contributed by atoms with Gasteiger partial charge in [-0.1, -0.05) is 97.1 Å². The third-order valence-electron chi connectivity index (χ3n) is 6.97. The van der Waals surface area contributed by atoms with Crippen LogP contribution in [0.2, 0.25) is 0 Å². The van der Waals surface area contributed by atoms with Gasteiger partial charge in [0.1, 0.15) is 16.2 Å². The maximum Gasteiger partial charge on any atom is 0.164 e. The van der Waals surface area contributed by atoms with E-state index in [1.54, 1.807) is 11.3 Å². The molecule has 5 nitrogen and oxygen atoms in total. The van der Waals surface area contributed by atoms with Gasteiger partial charge in [-0.2, -0.15) is 0 Å². The number of fused-ring (bicyclic) bond motifs is 5. The van der Waals surface area contributed by atoms with Crippen LogP contribution in [0.5, 0.6) is 0 Å². The Morgan fingerprint density at radius 1 is 0.475 bits per heavy atom. The van der Waals surface area contributed by atoms with Gasteiger partial charge in [0.15, 0.2) is 17.5 Å². The molecule has 0 radical (unpaired) electrons. The summed E-state index contributed by atoms with van der Waals surface area (Å²) in [5, 5.41) is 3.14. The summed E-state index contributed by atoms with van der Waals surface area (Å²) in [6.45, 7) is 0. The molecule has 0 fully saturated rings. The molecule has 0 aliphatic rings. The lowest BCUT2D eigenvalue weighted by molar-refractivity contribution is 0.669. The van der Waals surface area contributed by atoms with E-state index in [0.29, 0.717) is 17.5 Å². The zero-order chi connectivity index (χ0) is 26.5. The molecule has 0 N–H and O–H groups in total. The predicted molar refractivity (Wildman–Crippen MR) is 162 cm³/mol. The van der Waals surface area contributed by atoms with Crippen molar-refractivity contribution in [2.75, 3.05) is 0 Å². The van der Waals surface area contributed by atoms with Crippen LogP contribution >= 0.6 is 11.3 Å². The van der Waals surface area contributed by atoms with E-state index in [9.17, 15) is 0 Å². The highest BCUT2D eigenvalue weighted by atomic mass is 32.1. The minimum Gasteiger partial charge on any atom is -0.456 e. The van der Waals surface area contributed by atoms with Crippen LogP contribution in [0.4, 0.5) is 0 Å². The first kappa shape index (κ1) is 22.8. The molecule has 5 aromatic carbocycles. The maximum atomic E-state index is 6.38. The lowest BCUT2D eigenvalue weighted by atomic mass is 10.1. The van der Waals surface area contributed by atoms with Gasteiger partial charge in [0.2, 0.25) is 0 Å². The molecule has 8 aromatic rings. The van der Waals surface area contributed by atoms with Crippen LogP contribution in [-0.2, 0) is 0 Å². The smallest absolute Gasteiger partial charge is 0.164 e. The molecule has 0 saturated heterocycles. The van der Waals surface area contributed by atoms with Gasteiger partial charge in [-0.05, 0) is 24.3 Å². The highest BCUT2D eigenvalue weighted by Crippen LogP contribution is 2.40. The highest BCUT2D eigenvalue weighted by Gasteiger charge is 2.17. The number of hydrogen-bond acceptors (Lipinski definition) is 6. The highest BCUT2D eigenvalue weighted by molar-refractivity contribution is 7.22. The molecule has 0 spiro atoms. The standard InChI is InChI=1S/C34H20N4OS/c1-4-10-21(11-5-1)31-36-32(22-12-6-2-7-13-22)38-33(37-31)24-16-17-25-28(20-24)39-27-19-18-26-30(29(25)27)40-34(35-26)23-14-8-3-9-15-23/h1-20H. The van der Waals surface area contributed by atoms with E-state index in [-0.39, 0.29) is 0 Å². The summed E-state index contributed by atoms with van der Waals surface area (Å²) in [4.78, 5) is 19.5. The van der Waals surface area contributed by atoms with Gasteiger partial charge < -0.3 is 4.42 Å². The third-order valence-corrected chi connectivity index (χ3v) is 8.11. The molecule has 188 valence electrons. The van der Waals surface area contributed by atoms with Crippen molar-refractivity contribution >= 4 is 43.5 Å². The Bertz CT molecular complexity index is 2100. The molecule has 3 aromatic heterocycles. The second kappa shape index (κ2) is 9.22. The average Bonchev–Trinajstić information content (AvgIpc) is 3.63. The molecule has 0 aliphatic carbocycles. The summed E-state index contributed by atoms with van der Waals surface area (Å²) >= 11 is 1.69. The lowest BCUT2D eigenvalue weighted by Crippen LogP contribution is -2.00. The van der Waals surface area contributed by atoms with Gasteiger partial charge in [-0.25, -0.2) is 19.9 Å². The Morgan fingerprint density at radius 2 is 1.05 bits per heavy atom. The number of nitrogens with zero attached hydrogens (tertiary/aromatic N) is 4. The van der Waals surface area contributed by atoms with Crippen molar-refractivity contribution < 1.29 is 4.42 Å². The maximum absolute atomic E-state index is 6.38. The SMILES string of the molecule is c1ccc(-c2nc(-c3ccccc3)nc(-c3ccc4c(c3)oc3ccc5nc(-c6ccccc6)sc5c34)n2)cc1. The molecule has 6 heteroatoms. The summed E-state index contributed by atoms with van der Waals surface area (Å²) in [7, 11) is 0. The number of rotatable bonds is 4. The van der Waals surface area contributed by atoms with Crippen molar-refractivity contribution in [3.8, 4) is 44.7 Å². The van der Waals surface area contributed by atoms with Crippen LogP contribution in [-0.4, -0.2) is 19.9 Å². The zero-order valence-electron chi connectivity index (χ0n) is 21.2. The minimum absolute atomic E-state index is 0.601. The number of furan rings is 1. The number of aromatic nitrogens is 4. The molecule has 8 rings (SSSR count). The molecule has 0 aliphatic heterocycles. The van der Waals surface area contributed by atoms with Crippen molar-refractivity contribution in [3.63, 3.8) is 0 Å². The minimum atomic E-state index is 0.601. The first-order valence-corrected chi connectivity index (χ1v) is 13.8. The molecule has 3 heterocycles. The Kier molecular flexibility index (Phi) is 5.24. The summed E-state index contributed by atoms with van der Waals surface area (Å²) in [5.74, 6) is 1.87. The number of thiazole rings is 1. The van der Waals surface area contributed by atoms with Crippen LogP contribution in [0.3, 0.4) is 0 Å². The fourth-order valence-electron chi connectivity index (χ4n) is 5.03. The van der Waals surface area contributed by atoms with Crippen LogP contribution in [0.25, 0.3) is 76.9 Å². The van der Waals surface area contributed by atoms with Gasteiger partial charge >= 0.3 is 0 Å². The normalized spacial score (nSPS) is 11.5. The van der Waals surface area contributed by atoms with Gasteiger partial charge in [0.25, 0.3) is 0 Å². The molecular weight excluding hydrogens is 512 g/mol. The van der Waals surface area contributed by atoms with Gasteiger partial charge in [-0.3, -0.25) is 0 Å². The fourth-order valence-corrected chi connectivity index (χ4v) is 6.15. The molecule has 0 saturated carbocycles. The van der Waals surface area contributed by atoms with E-state index in [1.807, 2.05) is 97.1 Å². The first-order chi connectivity index (χ1) is 19.8. The van der Waals surface area contributed by atoms with Crippen LogP contribution < -0.4 is 0 Å². The van der Waals surface area contributed by atoms with Gasteiger partial charge in [-0.15, -0.1) is 11.3 Å². The Labute approximate surface area is 233 Å². The van der Waals surface area contributed by atoms with E-state index >= 15 is 0 Å². The summed E-state index contributed by atoms with van der Waals surface area (Å²) in [6, 6.07) is 40.5. The molecular formula is C34H20N4OS. The molecule has 40 heavy (non-hydrogen) atoms. The molecule has 0 bridgehead atoms. The number of benzene rings is 5. The molecule has 0 atom stereocenters. The van der Waals surface area contributed by atoms with Crippen LogP contribution in [0.15, 0.2) is 126 Å². The largest absolute Gasteiger partial charge is 0.456 e. The van der Waals surface area contributed by atoms with E-state index in [4.69, 9.17) is 24.4 Å². The van der Waals surface area contributed by atoms with E-state index < -0.39 is 0 Å². The fraction of sp³-hybridized carbons (Fsp3) is 0. The topological polar surface area (TPSA) is 64.7 Å². The molecule has 0 amide bonds. The Hall–Kier alpha value is -5.20. The molecule has 0 unspecified atom stereocenters. The predicted octanol–water partition coefficient (Wildman–Crippen LogP) is 9.05. The zero-order valence-corrected chi connectivity index (χ0v) is 22.0. The number of hydrogen-bond donors (Lipinski definition) is 0. The van der Waals surface area contributed by atoms with E-state index in [1.165, 1.54) is 0 Å². The lowest BCUT2D eigenvalue weighted by Gasteiger charge is -2.08. The van der Waals surface area contributed by atoms with Crippen LogP contribution in [0, 0.1) is 0 Å². The monoisotopic (exact) mass is 532 g/mol.